The van der Waals surface area contributed by atoms with Crippen LogP contribution in [0, 0.1) is 20.8 Å². The lowest BCUT2D eigenvalue weighted by Gasteiger charge is -2.32. The molecule has 3 rings (SSSR count). The van der Waals surface area contributed by atoms with Crippen molar-refractivity contribution in [1.29, 1.82) is 0 Å². The minimum absolute atomic E-state index is 0.591. The fourth-order valence-electron chi connectivity index (χ4n) is 3.02. The molecule has 1 aliphatic heterocycles. The van der Waals surface area contributed by atoms with Gasteiger partial charge in [-0.2, -0.15) is 10.1 Å². The Kier molecular flexibility index (Phi) is 4.59. The second-order valence-corrected chi connectivity index (χ2v) is 6.17. The summed E-state index contributed by atoms with van der Waals surface area (Å²) >= 11 is 0. The number of benzene rings is 1. The van der Waals surface area contributed by atoms with Gasteiger partial charge in [-0.15, -0.1) is 5.10 Å². The van der Waals surface area contributed by atoms with E-state index in [1.807, 2.05) is 4.90 Å². The number of aromatic nitrogens is 3. The Morgan fingerprint density at radius 3 is 2.38 bits per heavy atom. The van der Waals surface area contributed by atoms with Crippen LogP contribution in [-0.2, 0) is 4.79 Å². The highest BCUT2D eigenvalue weighted by atomic mass is 16.1. The van der Waals surface area contributed by atoms with Gasteiger partial charge in [0.1, 0.15) is 0 Å². The molecule has 2 aromatic rings. The van der Waals surface area contributed by atoms with E-state index in [9.17, 15) is 4.79 Å². The molecular weight excluding hydrogens is 304 g/mol. The molecule has 2 heterocycles. The van der Waals surface area contributed by atoms with Gasteiger partial charge < -0.3 is 15.1 Å². The maximum atomic E-state index is 10.8. The molecule has 0 aliphatic carbocycles. The number of aryl methyl sites for hydroxylation is 3. The number of carbonyl (C=O) groups excluding carboxylic acids is 1. The standard InChI is InChI=1S/C17H22N6O/c1-12-8-13(2)16(14(3)9-12)19-15-10-18-21-17(20-15)23-6-4-22(11-24)5-7-23/h8-11H,4-7H2,1-3H3,(H,19,20,21). The first-order valence-corrected chi connectivity index (χ1v) is 8.05. The molecule has 126 valence electrons. The van der Waals surface area contributed by atoms with E-state index in [0.29, 0.717) is 37.9 Å². The maximum absolute atomic E-state index is 10.8. The van der Waals surface area contributed by atoms with Gasteiger partial charge in [-0.1, -0.05) is 17.7 Å². The van der Waals surface area contributed by atoms with E-state index in [1.54, 1.807) is 11.1 Å². The summed E-state index contributed by atoms with van der Waals surface area (Å²) in [5.74, 6) is 1.26. The Bertz CT molecular complexity index is 717. The van der Waals surface area contributed by atoms with Crippen molar-refractivity contribution in [2.75, 3.05) is 36.4 Å². The largest absolute Gasteiger partial charge is 0.342 e. The minimum Gasteiger partial charge on any atom is -0.342 e. The third kappa shape index (κ3) is 3.45. The highest BCUT2D eigenvalue weighted by molar-refractivity contribution is 5.65. The molecule has 1 fully saturated rings. The number of rotatable bonds is 4. The zero-order valence-corrected chi connectivity index (χ0v) is 14.3. The van der Waals surface area contributed by atoms with Crippen molar-refractivity contribution in [3.63, 3.8) is 0 Å². The van der Waals surface area contributed by atoms with Crippen molar-refractivity contribution >= 4 is 23.9 Å². The number of nitrogens with zero attached hydrogens (tertiary/aromatic N) is 5. The fourth-order valence-corrected chi connectivity index (χ4v) is 3.02. The van der Waals surface area contributed by atoms with Gasteiger partial charge in [0.25, 0.3) is 0 Å². The molecular formula is C17H22N6O. The van der Waals surface area contributed by atoms with Crippen LogP contribution in [0.3, 0.4) is 0 Å². The molecule has 0 unspecified atom stereocenters. The molecule has 24 heavy (non-hydrogen) atoms. The Labute approximate surface area is 141 Å². The van der Waals surface area contributed by atoms with Crippen LogP contribution in [-0.4, -0.2) is 52.7 Å². The van der Waals surface area contributed by atoms with Crippen LogP contribution in [0.5, 0.6) is 0 Å². The Hall–Kier alpha value is -2.70. The second kappa shape index (κ2) is 6.82. The number of carbonyl (C=O) groups is 1. The van der Waals surface area contributed by atoms with Crippen LogP contribution in [0.2, 0.25) is 0 Å². The molecule has 0 atom stereocenters. The number of amides is 1. The van der Waals surface area contributed by atoms with Crippen LogP contribution < -0.4 is 10.2 Å². The normalized spacial score (nSPS) is 14.6. The van der Waals surface area contributed by atoms with Gasteiger partial charge in [0.05, 0.1) is 6.20 Å². The van der Waals surface area contributed by atoms with E-state index in [2.05, 4.69) is 53.4 Å². The van der Waals surface area contributed by atoms with Crippen LogP contribution in [0.25, 0.3) is 0 Å². The van der Waals surface area contributed by atoms with Crippen molar-refractivity contribution in [2.24, 2.45) is 0 Å². The smallest absolute Gasteiger partial charge is 0.247 e. The molecule has 1 N–H and O–H groups in total. The van der Waals surface area contributed by atoms with Crippen LogP contribution in [0.1, 0.15) is 16.7 Å². The molecule has 1 amide bonds. The molecule has 0 saturated carbocycles. The highest BCUT2D eigenvalue weighted by Crippen LogP contribution is 2.25. The van der Waals surface area contributed by atoms with Gasteiger partial charge >= 0.3 is 0 Å². The molecule has 0 bridgehead atoms. The molecule has 1 saturated heterocycles. The van der Waals surface area contributed by atoms with Gasteiger partial charge in [-0.05, 0) is 31.9 Å². The molecule has 0 radical (unpaired) electrons. The monoisotopic (exact) mass is 326 g/mol. The summed E-state index contributed by atoms with van der Waals surface area (Å²) < 4.78 is 0. The van der Waals surface area contributed by atoms with Crippen molar-refractivity contribution in [1.82, 2.24) is 20.1 Å². The van der Waals surface area contributed by atoms with Crippen molar-refractivity contribution < 1.29 is 4.79 Å². The van der Waals surface area contributed by atoms with Crippen LogP contribution in [0.15, 0.2) is 18.3 Å². The predicted molar refractivity (Wildman–Crippen MR) is 93.6 cm³/mol. The Balaban J connectivity index is 1.78. The van der Waals surface area contributed by atoms with E-state index < -0.39 is 0 Å². The Morgan fingerprint density at radius 2 is 1.75 bits per heavy atom. The van der Waals surface area contributed by atoms with E-state index >= 15 is 0 Å². The second-order valence-electron chi connectivity index (χ2n) is 6.17. The summed E-state index contributed by atoms with van der Waals surface area (Å²) in [6.07, 6.45) is 2.52. The molecule has 1 aliphatic rings. The topological polar surface area (TPSA) is 74.2 Å². The molecule has 1 aromatic carbocycles. The summed E-state index contributed by atoms with van der Waals surface area (Å²) in [5, 5.41) is 11.6. The van der Waals surface area contributed by atoms with Crippen molar-refractivity contribution in [3.05, 3.63) is 35.0 Å². The first-order valence-electron chi connectivity index (χ1n) is 8.05. The Morgan fingerprint density at radius 1 is 1.08 bits per heavy atom. The van der Waals surface area contributed by atoms with Gasteiger partial charge in [0, 0.05) is 31.9 Å². The molecule has 7 heteroatoms. The third-order valence-electron chi connectivity index (χ3n) is 4.22. The summed E-state index contributed by atoms with van der Waals surface area (Å²) in [6.45, 7) is 9.04. The maximum Gasteiger partial charge on any atom is 0.247 e. The highest BCUT2D eigenvalue weighted by Gasteiger charge is 2.18. The first-order chi connectivity index (χ1) is 11.6. The summed E-state index contributed by atoms with van der Waals surface area (Å²) in [5.41, 5.74) is 4.64. The fraction of sp³-hybridized carbons (Fsp3) is 0.412. The number of piperazine rings is 1. The van der Waals surface area contributed by atoms with E-state index in [0.717, 1.165) is 12.1 Å². The zero-order chi connectivity index (χ0) is 17.1. The van der Waals surface area contributed by atoms with Crippen LogP contribution in [0.4, 0.5) is 17.5 Å². The van der Waals surface area contributed by atoms with Gasteiger partial charge in [0.2, 0.25) is 12.4 Å². The lowest BCUT2D eigenvalue weighted by molar-refractivity contribution is -0.118. The van der Waals surface area contributed by atoms with Crippen molar-refractivity contribution in [2.45, 2.75) is 20.8 Å². The third-order valence-corrected chi connectivity index (χ3v) is 4.22. The number of hydrogen-bond donors (Lipinski definition) is 1. The van der Waals surface area contributed by atoms with Gasteiger partial charge in [-0.25, -0.2) is 0 Å². The van der Waals surface area contributed by atoms with Crippen LogP contribution >= 0.6 is 0 Å². The lowest BCUT2D eigenvalue weighted by atomic mass is 10.1. The van der Waals surface area contributed by atoms with E-state index in [4.69, 9.17) is 0 Å². The minimum atomic E-state index is 0.591. The number of hydrogen-bond acceptors (Lipinski definition) is 6. The SMILES string of the molecule is Cc1cc(C)c(Nc2cnnc(N3CCN(C=O)CC3)n2)c(C)c1. The summed E-state index contributed by atoms with van der Waals surface area (Å²) in [4.78, 5) is 19.2. The predicted octanol–water partition coefficient (Wildman–Crippen LogP) is 1.82. The van der Waals surface area contributed by atoms with E-state index in [1.165, 1.54) is 16.7 Å². The van der Waals surface area contributed by atoms with Crippen molar-refractivity contribution in [3.8, 4) is 0 Å². The number of nitrogens with one attached hydrogen (secondary N) is 1. The first kappa shape index (κ1) is 16.2. The summed E-state index contributed by atoms with van der Waals surface area (Å²) in [6, 6.07) is 4.28. The average molecular weight is 326 g/mol. The van der Waals surface area contributed by atoms with Gasteiger partial charge in [-0.3, -0.25) is 4.79 Å². The molecule has 1 aromatic heterocycles. The lowest BCUT2D eigenvalue weighted by Crippen LogP contribution is -2.46. The molecule has 0 spiro atoms. The quantitative estimate of drug-likeness (QED) is 0.864. The average Bonchev–Trinajstić information content (AvgIpc) is 2.58. The number of anilines is 3. The zero-order valence-electron chi connectivity index (χ0n) is 14.3. The molecule has 7 nitrogen and oxygen atoms in total. The summed E-state index contributed by atoms with van der Waals surface area (Å²) in [7, 11) is 0. The van der Waals surface area contributed by atoms with Gasteiger partial charge in [0.15, 0.2) is 5.82 Å². The van der Waals surface area contributed by atoms with E-state index in [-0.39, 0.29) is 0 Å².